The molecule has 5 nitrogen and oxygen atoms in total. The van der Waals surface area contributed by atoms with E-state index in [2.05, 4.69) is 4.72 Å². The molecule has 1 aromatic carbocycles. The Bertz CT molecular complexity index is 604. The summed E-state index contributed by atoms with van der Waals surface area (Å²) in [5.74, 6) is -0.0263. The van der Waals surface area contributed by atoms with E-state index in [0.717, 1.165) is 19.3 Å². The van der Waals surface area contributed by atoms with Crippen LogP contribution < -0.4 is 10.5 Å². The summed E-state index contributed by atoms with van der Waals surface area (Å²) in [5, 5.41) is 9.56. The molecule has 0 heterocycles. The number of hydrogen-bond acceptors (Lipinski definition) is 4. The standard InChI is InChI=1S/C13H19ClN2O3S/c1-8-11(15)5-10(14)6-13(8)20(18,19)16-12-4-2-3-9(12)7-17/h5-6,9,12,16-17H,2-4,7,15H2,1H3. The first kappa shape index (κ1) is 15.6. The Morgan fingerprint density at radius 2 is 2.15 bits per heavy atom. The smallest absolute Gasteiger partial charge is 0.241 e. The lowest BCUT2D eigenvalue weighted by molar-refractivity contribution is 0.213. The second-order valence-corrected chi connectivity index (χ2v) is 7.34. The lowest BCUT2D eigenvalue weighted by atomic mass is 10.1. The maximum atomic E-state index is 12.5. The Morgan fingerprint density at radius 1 is 1.45 bits per heavy atom. The average Bonchev–Trinajstić information content (AvgIpc) is 2.80. The predicted molar refractivity (Wildman–Crippen MR) is 79.1 cm³/mol. The first-order valence-electron chi connectivity index (χ1n) is 6.54. The van der Waals surface area contributed by atoms with Crippen LogP contribution in [0.2, 0.25) is 5.02 Å². The summed E-state index contributed by atoms with van der Waals surface area (Å²) in [5.41, 5.74) is 6.60. The molecule has 2 unspecified atom stereocenters. The van der Waals surface area contributed by atoms with Crippen molar-refractivity contribution in [3.8, 4) is 0 Å². The number of rotatable bonds is 4. The summed E-state index contributed by atoms with van der Waals surface area (Å²) in [6.07, 6.45) is 2.48. The number of halogens is 1. The lowest BCUT2D eigenvalue weighted by Crippen LogP contribution is -2.38. The van der Waals surface area contributed by atoms with E-state index in [1.165, 1.54) is 12.1 Å². The predicted octanol–water partition coefficient (Wildman–Crippen LogP) is 1.67. The fraction of sp³-hybridized carbons (Fsp3) is 0.538. The van der Waals surface area contributed by atoms with Crippen molar-refractivity contribution < 1.29 is 13.5 Å². The van der Waals surface area contributed by atoms with Gasteiger partial charge in [-0.15, -0.1) is 0 Å². The van der Waals surface area contributed by atoms with Crippen LogP contribution >= 0.6 is 11.6 Å². The minimum absolute atomic E-state index is 0.0101. The number of aliphatic hydroxyl groups excluding tert-OH is 1. The summed E-state index contributed by atoms with van der Waals surface area (Å²) in [6.45, 7) is 1.64. The van der Waals surface area contributed by atoms with Crippen molar-refractivity contribution in [2.45, 2.75) is 37.1 Å². The van der Waals surface area contributed by atoms with Gasteiger partial charge in [-0.25, -0.2) is 13.1 Å². The summed E-state index contributed by atoms with van der Waals surface area (Å²) >= 11 is 5.89. The van der Waals surface area contributed by atoms with Crippen molar-refractivity contribution in [2.75, 3.05) is 12.3 Å². The molecule has 0 saturated heterocycles. The minimum atomic E-state index is -3.69. The van der Waals surface area contributed by atoms with Gasteiger partial charge in [-0.1, -0.05) is 18.0 Å². The normalized spacial score (nSPS) is 23.1. The Morgan fingerprint density at radius 3 is 2.80 bits per heavy atom. The molecule has 0 bridgehead atoms. The quantitative estimate of drug-likeness (QED) is 0.736. The molecule has 20 heavy (non-hydrogen) atoms. The molecule has 1 aromatic rings. The molecule has 2 atom stereocenters. The number of nitrogen functional groups attached to an aromatic ring is 1. The van der Waals surface area contributed by atoms with E-state index in [-0.39, 0.29) is 23.5 Å². The molecule has 0 amide bonds. The minimum Gasteiger partial charge on any atom is -0.398 e. The zero-order chi connectivity index (χ0) is 14.9. The maximum Gasteiger partial charge on any atom is 0.241 e. The molecule has 0 aromatic heterocycles. The molecule has 1 aliphatic rings. The number of aliphatic hydroxyl groups is 1. The third-order valence-corrected chi connectivity index (χ3v) is 5.69. The first-order valence-corrected chi connectivity index (χ1v) is 8.40. The summed E-state index contributed by atoms with van der Waals surface area (Å²) in [6, 6.07) is 2.70. The Kier molecular flexibility index (Phi) is 4.59. The topological polar surface area (TPSA) is 92.4 Å². The molecule has 1 saturated carbocycles. The highest BCUT2D eigenvalue weighted by atomic mass is 35.5. The van der Waals surface area contributed by atoms with Gasteiger partial charge in [0.2, 0.25) is 10.0 Å². The molecular formula is C13H19ClN2O3S. The lowest BCUT2D eigenvalue weighted by Gasteiger charge is -2.20. The van der Waals surface area contributed by atoms with Gasteiger partial charge >= 0.3 is 0 Å². The van der Waals surface area contributed by atoms with Crippen LogP contribution in [0.4, 0.5) is 5.69 Å². The van der Waals surface area contributed by atoms with Crippen molar-refractivity contribution in [3.05, 3.63) is 22.7 Å². The molecule has 2 rings (SSSR count). The highest BCUT2D eigenvalue weighted by Crippen LogP contribution is 2.29. The molecular weight excluding hydrogens is 300 g/mol. The molecule has 7 heteroatoms. The number of sulfonamides is 1. The summed E-state index contributed by atoms with van der Waals surface area (Å²) < 4.78 is 27.6. The van der Waals surface area contributed by atoms with Crippen LogP contribution in [0.15, 0.2) is 17.0 Å². The fourth-order valence-electron chi connectivity index (χ4n) is 2.63. The van der Waals surface area contributed by atoms with E-state index in [4.69, 9.17) is 17.3 Å². The molecule has 4 N–H and O–H groups in total. The third kappa shape index (κ3) is 3.09. The van der Waals surface area contributed by atoms with Crippen LogP contribution in [-0.2, 0) is 10.0 Å². The number of anilines is 1. The summed E-state index contributed by atoms with van der Waals surface area (Å²) in [4.78, 5) is 0.103. The SMILES string of the molecule is Cc1c(N)cc(Cl)cc1S(=O)(=O)NC1CCCC1CO. The van der Waals surface area contributed by atoms with Gasteiger partial charge in [-0.05, 0) is 43.4 Å². The highest BCUT2D eigenvalue weighted by Gasteiger charge is 2.31. The molecule has 0 spiro atoms. The number of nitrogens with two attached hydrogens (primary N) is 1. The van der Waals surface area contributed by atoms with E-state index in [0.29, 0.717) is 16.3 Å². The Balaban J connectivity index is 2.31. The van der Waals surface area contributed by atoms with Crippen LogP contribution in [0.5, 0.6) is 0 Å². The Hall–Kier alpha value is -0.820. The molecule has 0 aliphatic heterocycles. The maximum absolute atomic E-state index is 12.5. The van der Waals surface area contributed by atoms with Gasteiger partial charge in [-0.2, -0.15) is 0 Å². The van der Waals surface area contributed by atoms with Crippen LogP contribution in [0.1, 0.15) is 24.8 Å². The van der Waals surface area contributed by atoms with Crippen LogP contribution in [0.3, 0.4) is 0 Å². The monoisotopic (exact) mass is 318 g/mol. The zero-order valence-corrected chi connectivity index (χ0v) is 12.8. The van der Waals surface area contributed by atoms with Gasteiger partial charge in [0.05, 0.1) is 4.90 Å². The number of nitrogens with one attached hydrogen (secondary N) is 1. The van der Waals surface area contributed by atoms with Crippen molar-refractivity contribution in [2.24, 2.45) is 5.92 Å². The molecule has 1 aliphatic carbocycles. The van der Waals surface area contributed by atoms with E-state index < -0.39 is 10.0 Å². The van der Waals surface area contributed by atoms with Crippen LogP contribution in [0, 0.1) is 12.8 Å². The number of hydrogen-bond donors (Lipinski definition) is 3. The summed E-state index contributed by atoms with van der Waals surface area (Å²) in [7, 11) is -3.69. The largest absolute Gasteiger partial charge is 0.398 e. The van der Waals surface area contributed by atoms with Gasteiger partial charge in [0.1, 0.15) is 0 Å². The van der Waals surface area contributed by atoms with E-state index in [1.54, 1.807) is 6.92 Å². The fourth-order valence-corrected chi connectivity index (χ4v) is 4.56. The van der Waals surface area contributed by atoms with Gasteiger partial charge in [0.15, 0.2) is 0 Å². The zero-order valence-electron chi connectivity index (χ0n) is 11.3. The average molecular weight is 319 g/mol. The van der Waals surface area contributed by atoms with Crippen LogP contribution in [-0.4, -0.2) is 26.2 Å². The van der Waals surface area contributed by atoms with Gasteiger partial charge in [0.25, 0.3) is 0 Å². The van der Waals surface area contributed by atoms with Crippen molar-refractivity contribution >= 4 is 27.3 Å². The third-order valence-electron chi connectivity index (χ3n) is 3.85. The number of benzene rings is 1. The molecule has 1 fully saturated rings. The van der Waals surface area contributed by atoms with Crippen molar-refractivity contribution in [1.82, 2.24) is 4.72 Å². The van der Waals surface area contributed by atoms with Crippen molar-refractivity contribution in [1.29, 1.82) is 0 Å². The highest BCUT2D eigenvalue weighted by molar-refractivity contribution is 7.89. The van der Waals surface area contributed by atoms with Gasteiger partial charge in [-0.3, -0.25) is 0 Å². The van der Waals surface area contributed by atoms with Crippen LogP contribution in [0.25, 0.3) is 0 Å². The molecule has 112 valence electrons. The van der Waals surface area contributed by atoms with E-state index in [1.807, 2.05) is 0 Å². The van der Waals surface area contributed by atoms with Crippen molar-refractivity contribution in [3.63, 3.8) is 0 Å². The van der Waals surface area contributed by atoms with E-state index >= 15 is 0 Å². The van der Waals surface area contributed by atoms with Gasteiger partial charge < -0.3 is 10.8 Å². The first-order chi connectivity index (χ1) is 9.35. The van der Waals surface area contributed by atoms with E-state index in [9.17, 15) is 13.5 Å². The second-order valence-electron chi connectivity index (χ2n) is 5.22. The second kappa shape index (κ2) is 5.89. The van der Waals surface area contributed by atoms with Gasteiger partial charge in [0, 0.05) is 23.4 Å². The Labute approximate surface area is 124 Å². The molecule has 0 radical (unpaired) electrons.